The Morgan fingerprint density at radius 1 is 0.654 bits per heavy atom. The summed E-state index contributed by atoms with van der Waals surface area (Å²) >= 11 is 0. The first-order valence-electron chi connectivity index (χ1n) is 8.51. The molecular formula is C23H17NO2. The standard InChI is InChI=1S/C23H17NO2/c25-24(26)20-15-13-19(14-16-20)23(18-8-2-1-3-9-18)22-12-6-10-17-7-4-5-11-21(17)22/h1-16,23H. The number of nitro groups is 1. The van der Waals surface area contributed by atoms with Gasteiger partial charge in [-0.05, 0) is 27.5 Å². The van der Waals surface area contributed by atoms with Crippen molar-refractivity contribution in [2.45, 2.75) is 5.92 Å². The van der Waals surface area contributed by atoms with E-state index in [1.54, 1.807) is 12.1 Å². The zero-order valence-electron chi connectivity index (χ0n) is 14.1. The number of fused-ring (bicyclic) bond motifs is 1. The number of rotatable bonds is 4. The number of non-ortho nitro benzene ring substituents is 1. The van der Waals surface area contributed by atoms with E-state index in [0.29, 0.717) is 0 Å². The summed E-state index contributed by atoms with van der Waals surface area (Å²) in [4.78, 5) is 10.6. The molecule has 0 fully saturated rings. The molecule has 0 N–H and O–H groups in total. The molecule has 3 nitrogen and oxygen atoms in total. The number of hydrogen-bond donors (Lipinski definition) is 0. The second-order valence-corrected chi connectivity index (χ2v) is 6.26. The van der Waals surface area contributed by atoms with Crippen LogP contribution in [0.2, 0.25) is 0 Å². The minimum absolute atomic E-state index is 0.0168. The molecule has 3 heteroatoms. The molecule has 1 unspecified atom stereocenters. The molecule has 0 aliphatic carbocycles. The molecule has 4 aromatic carbocycles. The molecular weight excluding hydrogens is 322 g/mol. The van der Waals surface area contributed by atoms with Gasteiger partial charge < -0.3 is 0 Å². The first kappa shape index (κ1) is 16.0. The van der Waals surface area contributed by atoms with Gasteiger partial charge in [0.1, 0.15) is 0 Å². The highest BCUT2D eigenvalue weighted by Crippen LogP contribution is 2.36. The van der Waals surface area contributed by atoms with E-state index in [1.165, 1.54) is 16.3 Å². The lowest BCUT2D eigenvalue weighted by molar-refractivity contribution is -0.384. The van der Waals surface area contributed by atoms with Crippen molar-refractivity contribution in [1.29, 1.82) is 0 Å². The fraction of sp³-hybridized carbons (Fsp3) is 0.0435. The smallest absolute Gasteiger partial charge is 0.258 e. The van der Waals surface area contributed by atoms with Crippen LogP contribution >= 0.6 is 0 Å². The Bertz CT molecular complexity index is 1050. The average Bonchev–Trinajstić information content (AvgIpc) is 2.70. The maximum atomic E-state index is 11.0. The molecule has 4 aromatic rings. The van der Waals surface area contributed by atoms with E-state index < -0.39 is 0 Å². The van der Waals surface area contributed by atoms with Gasteiger partial charge in [-0.15, -0.1) is 0 Å². The van der Waals surface area contributed by atoms with Gasteiger partial charge >= 0.3 is 0 Å². The molecule has 4 rings (SSSR count). The largest absolute Gasteiger partial charge is 0.269 e. The highest BCUT2D eigenvalue weighted by Gasteiger charge is 2.19. The fourth-order valence-electron chi connectivity index (χ4n) is 3.49. The predicted octanol–water partition coefficient (Wildman–Crippen LogP) is 5.93. The van der Waals surface area contributed by atoms with Crippen LogP contribution in [0.15, 0.2) is 97.1 Å². The Hall–Kier alpha value is -3.46. The van der Waals surface area contributed by atoms with Crippen LogP contribution < -0.4 is 0 Å². The summed E-state index contributed by atoms with van der Waals surface area (Å²) in [5.74, 6) is 0.0168. The lowest BCUT2D eigenvalue weighted by atomic mass is 9.83. The van der Waals surface area contributed by atoms with Crippen LogP contribution in [0.25, 0.3) is 10.8 Å². The maximum absolute atomic E-state index is 11.0. The molecule has 0 aromatic heterocycles. The Morgan fingerprint density at radius 2 is 1.27 bits per heavy atom. The van der Waals surface area contributed by atoms with Crippen molar-refractivity contribution in [2.75, 3.05) is 0 Å². The topological polar surface area (TPSA) is 43.1 Å². The molecule has 0 heterocycles. The van der Waals surface area contributed by atoms with Crippen molar-refractivity contribution in [3.63, 3.8) is 0 Å². The normalized spacial score (nSPS) is 12.0. The van der Waals surface area contributed by atoms with Crippen LogP contribution in [0.4, 0.5) is 5.69 Å². The number of hydrogen-bond acceptors (Lipinski definition) is 2. The molecule has 0 aliphatic rings. The lowest BCUT2D eigenvalue weighted by Crippen LogP contribution is -2.04. The molecule has 0 saturated carbocycles. The van der Waals surface area contributed by atoms with Crippen LogP contribution in [-0.4, -0.2) is 4.92 Å². The third-order valence-corrected chi connectivity index (χ3v) is 4.70. The summed E-state index contributed by atoms with van der Waals surface area (Å²) in [7, 11) is 0. The first-order chi connectivity index (χ1) is 12.7. The SMILES string of the molecule is O=[N+]([O-])c1ccc(C(c2ccccc2)c2cccc3ccccc23)cc1. The predicted molar refractivity (Wildman–Crippen MR) is 104 cm³/mol. The molecule has 0 amide bonds. The minimum Gasteiger partial charge on any atom is -0.258 e. The zero-order valence-corrected chi connectivity index (χ0v) is 14.1. The zero-order chi connectivity index (χ0) is 17.9. The third-order valence-electron chi connectivity index (χ3n) is 4.70. The summed E-state index contributed by atoms with van der Waals surface area (Å²) in [5, 5.41) is 13.4. The Morgan fingerprint density at radius 3 is 2.00 bits per heavy atom. The molecule has 1 atom stereocenters. The van der Waals surface area contributed by atoms with Crippen LogP contribution in [0, 0.1) is 10.1 Å². The van der Waals surface area contributed by atoms with E-state index >= 15 is 0 Å². The molecule has 0 spiro atoms. The van der Waals surface area contributed by atoms with Crippen molar-refractivity contribution in [3.8, 4) is 0 Å². The second kappa shape index (κ2) is 6.81. The van der Waals surface area contributed by atoms with E-state index in [9.17, 15) is 10.1 Å². The summed E-state index contributed by atoms with van der Waals surface area (Å²) in [6.45, 7) is 0. The van der Waals surface area contributed by atoms with E-state index in [4.69, 9.17) is 0 Å². The fourth-order valence-corrected chi connectivity index (χ4v) is 3.49. The van der Waals surface area contributed by atoms with Crippen molar-refractivity contribution < 1.29 is 4.92 Å². The van der Waals surface area contributed by atoms with Gasteiger partial charge in [0.05, 0.1) is 4.92 Å². The highest BCUT2D eigenvalue weighted by molar-refractivity contribution is 5.87. The van der Waals surface area contributed by atoms with Gasteiger partial charge in [-0.2, -0.15) is 0 Å². The van der Waals surface area contributed by atoms with Gasteiger partial charge in [0.15, 0.2) is 0 Å². The van der Waals surface area contributed by atoms with Crippen LogP contribution in [-0.2, 0) is 0 Å². The summed E-state index contributed by atoms with van der Waals surface area (Å²) in [6.07, 6.45) is 0. The molecule has 126 valence electrons. The van der Waals surface area contributed by atoms with Crippen molar-refractivity contribution in [2.24, 2.45) is 0 Å². The van der Waals surface area contributed by atoms with Gasteiger partial charge in [-0.1, -0.05) is 84.9 Å². The summed E-state index contributed by atoms with van der Waals surface area (Å²) in [5.41, 5.74) is 3.51. The van der Waals surface area contributed by atoms with Gasteiger partial charge in [0.25, 0.3) is 5.69 Å². The van der Waals surface area contributed by atoms with Gasteiger partial charge in [0.2, 0.25) is 0 Å². The van der Waals surface area contributed by atoms with Gasteiger partial charge in [-0.3, -0.25) is 10.1 Å². The van der Waals surface area contributed by atoms with E-state index in [2.05, 4.69) is 42.5 Å². The molecule has 0 saturated heterocycles. The van der Waals surface area contributed by atoms with E-state index in [1.807, 2.05) is 42.5 Å². The molecule has 0 bridgehead atoms. The number of nitro benzene ring substituents is 1. The molecule has 26 heavy (non-hydrogen) atoms. The number of nitrogens with zero attached hydrogens (tertiary/aromatic N) is 1. The van der Waals surface area contributed by atoms with Crippen molar-refractivity contribution in [1.82, 2.24) is 0 Å². The molecule has 0 aliphatic heterocycles. The van der Waals surface area contributed by atoms with E-state index in [0.717, 1.165) is 11.1 Å². The summed E-state index contributed by atoms with van der Waals surface area (Å²) < 4.78 is 0. The average molecular weight is 339 g/mol. The minimum atomic E-state index is -0.362. The lowest BCUT2D eigenvalue weighted by Gasteiger charge is -2.20. The Balaban J connectivity index is 1.93. The molecule has 0 radical (unpaired) electrons. The van der Waals surface area contributed by atoms with Crippen LogP contribution in [0.5, 0.6) is 0 Å². The van der Waals surface area contributed by atoms with E-state index in [-0.39, 0.29) is 16.5 Å². The first-order valence-corrected chi connectivity index (χ1v) is 8.51. The van der Waals surface area contributed by atoms with Gasteiger partial charge in [-0.25, -0.2) is 0 Å². The second-order valence-electron chi connectivity index (χ2n) is 6.26. The Kier molecular flexibility index (Phi) is 4.20. The maximum Gasteiger partial charge on any atom is 0.269 e. The van der Waals surface area contributed by atoms with Gasteiger partial charge in [0, 0.05) is 18.1 Å². The quantitative estimate of drug-likeness (QED) is 0.263. The number of benzene rings is 4. The third kappa shape index (κ3) is 2.95. The van der Waals surface area contributed by atoms with Crippen LogP contribution in [0.1, 0.15) is 22.6 Å². The summed E-state index contributed by atoms with van der Waals surface area (Å²) in [6, 6.07) is 31.8. The monoisotopic (exact) mass is 339 g/mol. The van der Waals surface area contributed by atoms with Crippen molar-refractivity contribution >= 4 is 16.5 Å². The van der Waals surface area contributed by atoms with Crippen LogP contribution in [0.3, 0.4) is 0 Å². The highest BCUT2D eigenvalue weighted by atomic mass is 16.6. The van der Waals surface area contributed by atoms with Crippen molar-refractivity contribution in [3.05, 3.63) is 124 Å². The Labute approximate surface area is 151 Å².